The molecule has 1 heterocycles. The smallest absolute Gasteiger partial charge is 0.0697 e. The topological polar surface area (TPSA) is 24.5 Å². The number of nitrogens with zero attached hydrogens (tertiary/aromatic N) is 1. The van der Waals surface area contributed by atoms with Gasteiger partial charge in [0.25, 0.3) is 0 Å². The second-order valence-corrected chi connectivity index (χ2v) is 7.28. The lowest BCUT2D eigenvalue weighted by molar-refractivity contribution is -0.0856. The van der Waals surface area contributed by atoms with Gasteiger partial charge in [0.2, 0.25) is 0 Å². The van der Waals surface area contributed by atoms with Crippen LogP contribution in [0.2, 0.25) is 0 Å². The van der Waals surface area contributed by atoms with Crippen molar-refractivity contribution in [1.82, 2.24) is 10.2 Å². The first-order chi connectivity index (χ1) is 9.14. The van der Waals surface area contributed by atoms with E-state index >= 15 is 0 Å². The summed E-state index contributed by atoms with van der Waals surface area (Å²) in [5, 5.41) is 3.88. The fraction of sp³-hybridized carbons (Fsp3) is 1.00. The van der Waals surface area contributed by atoms with Crippen molar-refractivity contribution >= 4 is 0 Å². The Morgan fingerprint density at radius 3 is 2.42 bits per heavy atom. The monoisotopic (exact) mass is 266 g/mol. The first-order valence-corrected chi connectivity index (χ1v) is 8.19. The number of nitrogens with one attached hydrogen (secondary N) is 1. The summed E-state index contributed by atoms with van der Waals surface area (Å²) >= 11 is 0. The van der Waals surface area contributed by atoms with Crippen molar-refractivity contribution < 1.29 is 4.74 Å². The predicted octanol–water partition coefficient (Wildman–Crippen LogP) is 2.55. The highest BCUT2D eigenvalue weighted by Gasteiger charge is 2.42. The Morgan fingerprint density at radius 2 is 1.84 bits per heavy atom. The SMILES string of the molecule is CN(C)C1(CNC2CCOC3(CCCC3)C2)CCC1. The maximum Gasteiger partial charge on any atom is 0.0697 e. The summed E-state index contributed by atoms with van der Waals surface area (Å²) in [6.45, 7) is 2.13. The molecule has 3 aliphatic rings. The normalized spacial score (nSPS) is 32.7. The Kier molecular flexibility index (Phi) is 3.89. The molecule has 0 bridgehead atoms. The van der Waals surface area contributed by atoms with Gasteiger partial charge >= 0.3 is 0 Å². The fourth-order valence-corrected chi connectivity index (χ4v) is 4.27. The molecule has 2 aliphatic carbocycles. The third-order valence-corrected chi connectivity index (χ3v) is 5.96. The lowest BCUT2D eigenvalue weighted by Crippen LogP contribution is -2.59. The molecule has 1 N–H and O–H groups in total. The maximum absolute atomic E-state index is 6.13. The van der Waals surface area contributed by atoms with Crippen molar-refractivity contribution in [2.75, 3.05) is 27.2 Å². The molecule has 0 aromatic carbocycles. The molecule has 0 aromatic rings. The van der Waals surface area contributed by atoms with E-state index in [1.165, 1.54) is 64.3 Å². The largest absolute Gasteiger partial charge is 0.375 e. The minimum atomic E-state index is 0.251. The molecule has 1 atom stereocenters. The van der Waals surface area contributed by atoms with E-state index in [1.54, 1.807) is 0 Å². The van der Waals surface area contributed by atoms with Gasteiger partial charge in [-0.2, -0.15) is 0 Å². The van der Waals surface area contributed by atoms with Crippen LogP contribution in [0.3, 0.4) is 0 Å². The molecule has 3 fully saturated rings. The first-order valence-electron chi connectivity index (χ1n) is 8.19. The van der Waals surface area contributed by atoms with Crippen LogP contribution in [0.25, 0.3) is 0 Å². The molecule has 3 heteroatoms. The Morgan fingerprint density at radius 1 is 1.11 bits per heavy atom. The van der Waals surface area contributed by atoms with Gasteiger partial charge in [-0.05, 0) is 59.0 Å². The van der Waals surface area contributed by atoms with Crippen LogP contribution in [0.15, 0.2) is 0 Å². The molecule has 3 rings (SSSR count). The summed E-state index contributed by atoms with van der Waals surface area (Å²) in [4.78, 5) is 2.44. The van der Waals surface area contributed by atoms with Crippen molar-refractivity contribution in [3.63, 3.8) is 0 Å². The van der Waals surface area contributed by atoms with Crippen LogP contribution in [0.1, 0.15) is 57.8 Å². The molecule has 2 saturated carbocycles. The molecule has 1 saturated heterocycles. The summed E-state index contributed by atoms with van der Waals surface area (Å²) in [6.07, 6.45) is 11.9. The van der Waals surface area contributed by atoms with E-state index in [9.17, 15) is 0 Å². The molecule has 110 valence electrons. The lowest BCUT2D eigenvalue weighted by atomic mass is 9.75. The number of ether oxygens (including phenoxy) is 1. The van der Waals surface area contributed by atoms with Crippen LogP contribution in [0.4, 0.5) is 0 Å². The van der Waals surface area contributed by atoms with E-state index in [-0.39, 0.29) is 5.60 Å². The summed E-state index contributed by atoms with van der Waals surface area (Å²) in [6, 6.07) is 0.685. The van der Waals surface area contributed by atoms with Crippen LogP contribution in [-0.4, -0.2) is 49.3 Å². The third kappa shape index (κ3) is 2.70. The molecule has 19 heavy (non-hydrogen) atoms. The van der Waals surface area contributed by atoms with Gasteiger partial charge in [0, 0.05) is 24.7 Å². The Labute approximate surface area is 118 Å². The first kappa shape index (κ1) is 13.8. The Balaban J connectivity index is 1.52. The van der Waals surface area contributed by atoms with Gasteiger partial charge in [-0.15, -0.1) is 0 Å². The zero-order valence-corrected chi connectivity index (χ0v) is 12.7. The molecule has 0 radical (unpaired) electrons. The highest BCUT2D eigenvalue weighted by atomic mass is 16.5. The number of likely N-dealkylation sites (N-methyl/N-ethyl adjacent to an activating group) is 1. The quantitative estimate of drug-likeness (QED) is 0.846. The third-order valence-electron chi connectivity index (χ3n) is 5.96. The molecular weight excluding hydrogens is 236 g/mol. The average Bonchev–Trinajstić information content (AvgIpc) is 2.75. The molecular formula is C16H30N2O. The van der Waals surface area contributed by atoms with Gasteiger partial charge in [0.1, 0.15) is 0 Å². The molecule has 1 unspecified atom stereocenters. The van der Waals surface area contributed by atoms with Crippen molar-refractivity contribution in [1.29, 1.82) is 0 Å². The molecule has 3 nitrogen and oxygen atoms in total. The zero-order chi connectivity index (χ0) is 13.3. The number of hydrogen-bond acceptors (Lipinski definition) is 3. The Hall–Kier alpha value is -0.120. The standard InChI is InChI=1S/C16H30N2O/c1-18(2)15(7-5-8-15)13-17-14-6-11-19-16(12-14)9-3-4-10-16/h14,17H,3-13H2,1-2H3. The van der Waals surface area contributed by atoms with Crippen LogP contribution >= 0.6 is 0 Å². The number of rotatable bonds is 4. The summed E-state index contributed by atoms with van der Waals surface area (Å²) < 4.78 is 6.13. The van der Waals surface area contributed by atoms with E-state index in [0.717, 1.165) is 6.61 Å². The predicted molar refractivity (Wildman–Crippen MR) is 78.4 cm³/mol. The van der Waals surface area contributed by atoms with E-state index in [2.05, 4.69) is 24.3 Å². The van der Waals surface area contributed by atoms with Gasteiger partial charge in [-0.1, -0.05) is 12.8 Å². The van der Waals surface area contributed by atoms with Crippen LogP contribution in [-0.2, 0) is 4.74 Å². The second-order valence-electron chi connectivity index (χ2n) is 7.28. The van der Waals surface area contributed by atoms with Crippen molar-refractivity contribution in [3.8, 4) is 0 Å². The number of hydrogen-bond donors (Lipinski definition) is 1. The van der Waals surface area contributed by atoms with Gasteiger partial charge < -0.3 is 15.0 Å². The van der Waals surface area contributed by atoms with Gasteiger partial charge in [0.05, 0.1) is 5.60 Å². The highest BCUT2D eigenvalue weighted by Crippen LogP contribution is 2.40. The Bertz CT molecular complexity index is 306. The second kappa shape index (κ2) is 5.34. The molecule has 1 spiro atoms. The van der Waals surface area contributed by atoms with E-state index < -0.39 is 0 Å². The van der Waals surface area contributed by atoms with Gasteiger partial charge in [0.15, 0.2) is 0 Å². The van der Waals surface area contributed by atoms with Gasteiger partial charge in [-0.25, -0.2) is 0 Å². The van der Waals surface area contributed by atoms with E-state index in [0.29, 0.717) is 11.6 Å². The van der Waals surface area contributed by atoms with Crippen molar-refractivity contribution in [2.45, 2.75) is 75.0 Å². The fourth-order valence-electron chi connectivity index (χ4n) is 4.27. The highest BCUT2D eigenvalue weighted by molar-refractivity contribution is 5.00. The summed E-state index contributed by atoms with van der Waals surface area (Å²) in [7, 11) is 4.48. The van der Waals surface area contributed by atoms with Gasteiger partial charge in [-0.3, -0.25) is 0 Å². The van der Waals surface area contributed by atoms with Crippen LogP contribution in [0.5, 0.6) is 0 Å². The van der Waals surface area contributed by atoms with Crippen LogP contribution < -0.4 is 5.32 Å². The molecule has 0 amide bonds. The summed E-state index contributed by atoms with van der Waals surface area (Å²) in [5.74, 6) is 0. The van der Waals surface area contributed by atoms with Crippen LogP contribution in [0, 0.1) is 0 Å². The van der Waals surface area contributed by atoms with Crippen molar-refractivity contribution in [3.05, 3.63) is 0 Å². The van der Waals surface area contributed by atoms with Crippen molar-refractivity contribution in [2.24, 2.45) is 0 Å². The zero-order valence-electron chi connectivity index (χ0n) is 12.7. The van der Waals surface area contributed by atoms with E-state index in [1.807, 2.05) is 0 Å². The van der Waals surface area contributed by atoms with E-state index in [4.69, 9.17) is 4.74 Å². The average molecular weight is 266 g/mol. The minimum Gasteiger partial charge on any atom is -0.375 e. The lowest BCUT2D eigenvalue weighted by Gasteiger charge is -2.49. The maximum atomic E-state index is 6.13. The molecule has 0 aromatic heterocycles. The minimum absolute atomic E-state index is 0.251. The molecule has 1 aliphatic heterocycles. The summed E-state index contributed by atoms with van der Waals surface area (Å²) in [5.41, 5.74) is 0.696.